The number of aromatic amines is 1. The second-order valence-corrected chi connectivity index (χ2v) is 6.89. The van der Waals surface area contributed by atoms with Crippen LogP contribution in [0.2, 0.25) is 0 Å². The number of carbonyl (C=O) groups excluding carboxylic acids is 1. The highest BCUT2D eigenvalue weighted by molar-refractivity contribution is 5.83. The number of aromatic nitrogens is 1. The summed E-state index contributed by atoms with van der Waals surface area (Å²) in [5, 5.41) is 7.45. The molecule has 2 atom stereocenters. The molecule has 3 N–H and O–H groups in total. The maximum atomic E-state index is 13.2. The number of nitrogens with one attached hydrogen (secondary N) is 3. The number of rotatable bonds is 6. The van der Waals surface area contributed by atoms with Crippen molar-refractivity contribution in [3.05, 3.63) is 35.8 Å². The number of hydrogen-bond acceptors (Lipinski definition) is 2. The van der Waals surface area contributed by atoms with Gasteiger partial charge in [0.15, 0.2) is 0 Å². The Labute approximate surface area is 142 Å². The zero-order chi connectivity index (χ0) is 16.9. The highest BCUT2D eigenvalue weighted by Gasteiger charge is 2.21. The van der Waals surface area contributed by atoms with Gasteiger partial charge in [-0.15, -0.1) is 0 Å². The molecule has 0 bridgehead atoms. The van der Waals surface area contributed by atoms with Gasteiger partial charge in [0, 0.05) is 30.1 Å². The van der Waals surface area contributed by atoms with Gasteiger partial charge in [0.25, 0.3) is 0 Å². The number of benzene rings is 1. The van der Waals surface area contributed by atoms with E-state index in [1.54, 1.807) is 6.07 Å². The lowest BCUT2D eigenvalue weighted by Gasteiger charge is -2.28. The average Bonchev–Trinajstić information content (AvgIpc) is 2.97. The third-order valence-corrected chi connectivity index (χ3v) is 5.09. The zero-order valence-corrected chi connectivity index (χ0v) is 14.2. The van der Waals surface area contributed by atoms with Crippen molar-refractivity contribution >= 4 is 16.8 Å². The molecule has 1 aliphatic rings. The summed E-state index contributed by atoms with van der Waals surface area (Å²) in [4.78, 5) is 15.2. The molecular formula is C19H26FN3O. The van der Waals surface area contributed by atoms with Crippen LogP contribution in [0, 0.1) is 17.7 Å². The molecule has 1 fully saturated rings. The summed E-state index contributed by atoms with van der Waals surface area (Å²) in [6, 6.07) is 4.76. The van der Waals surface area contributed by atoms with E-state index in [2.05, 4.69) is 22.5 Å². The first-order valence-corrected chi connectivity index (χ1v) is 8.86. The molecule has 0 spiro atoms. The maximum absolute atomic E-state index is 13.2. The van der Waals surface area contributed by atoms with Crippen LogP contribution >= 0.6 is 0 Å². The van der Waals surface area contributed by atoms with Crippen molar-refractivity contribution in [1.29, 1.82) is 0 Å². The zero-order valence-electron chi connectivity index (χ0n) is 14.2. The molecule has 0 radical (unpaired) electrons. The molecule has 130 valence electrons. The third kappa shape index (κ3) is 4.15. The van der Waals surface area contributed by atoms with Crippen LogP contribution in [0.1, 0.15) is 31.7 Å². The molecule has 1 aromatic heterocycles. The minimum atomic E-state index is -0.240. The summed E-state index contributed by atoms with van der Waals surface area (Å²) in [5.74, 6) is 0.899. The summed E-state index contributed by atoms with van der Waals surface area (Å²) in [7, 11) is 0. The fraction of sp³-hybridized carbons (Fsp3) is 0.526. The van der Waals surface area contributed by atoms with Gasteiger partial charge in [-0.25, -0.2) is 4.39 Å². The van der Waals surface area contributed by atoms with E-state index < -0.39 is 0 Å². The smallest absolute Gasteiger partial charge is 0.220 e. The molecule has 24 heavy (non-hydrogen) atoms. The summed E-state index contributed by atoms with van der Waals surface area (Å²) in [5.41, 5.74) is 1.91. The lowest BCUT2D eigenvalue weighted by atomic mass is 9.85. The number of fused-ring (bicyclic) bond motifs is 1. The molecule has 1 amide bonds. The minimum Gasteiger partial charge on any atom is -0.361 e. The molecule has 4 nitrogen and oxygen atoms in total. The maximum Gasteiger partial charge on any atom is 0.220 e. The molecule has 2 aromatic rings. The standard InChI is InChI=1S/C19H26FN3O/c1-13(14-3-2-7-21-11-14)9-19(24)22-8-6-15-12-23-18-10-16(20)4-5-17(15)18/h4-5,10,12-14,21,23H,2-3,6-9,11H2,1H3,(H,22,24). The first-order chi connectivity index (χ1) is 11.6. The van der Waals surface area contributed by atoms with Crippen molar-refractivity contribution in [2.75, 3.05) is 19.6 Å². The second kappa shape index (κ2) is 7.79. The SMILES string of the molecule is CC(CC(=O)NCCc1c[nH]c2cc(F)ccc12)C1CCCNC1. The largest absolute Gasteiger partial charge is 0.361 e. The Morgan fingerprint density at radius 3 is 3.12 bits per heavy atom. The molecule has 1 aliphatic heterocycles. The van der Waals surface area contributed by atoms with Crippen LogP contribution in [0.5, 0.6) is 0 Å². The summed E-state index contributed by atoms with van der Waals surface area (Å²) in [6.07, 6.45) is 5.65. The van der Waals surface area contributed by atoms with Crippen LogP contribution in [-0.2, 0) is 11.2 Å². The Kier molecular flexibility index (Phi) is 5.51. The van der Waals surface area contributed by atoms with Crippen LogP contribution in [-0.4, -0.2) is 30.5 Å². The van der Waals surface area contributed by atoms with Gasteiger partial charge in [-0.2, -0.15) is 0 Å². The van der Waals surface area contributed by atoms with Crippen LogP contribution in [0.25, 0.3) is 10.9 Å². The van der Waals surface area contributed by atoms with Gasteiger partial charge in [0.1, 0.15) is 5.82 Å². The topological polar surface area (TPSA) is 56.9 Å². The highest BCUT2D eigenvalue weighted by Crippen LogP contribution is 2.22. The van der Waals surface area contributed by atoms with Crippen LogP contribution in [0.4, 0.5) is 4.39 Å². The van der Waals surface area contributed by atoms with Crippen LogP contribution in [0.15, 0.2) is 24.4 Å². The number of halogens is 1. The van der Waals surface area contributed by atoms with E-state index in [0.29, 0.717) is 24.8 Å². The van der Waals surface area contributed by atoms with Crippen LogP contribution < -0.4 is 10.6 Å². The molecule has 2 heterocycles. The molecule has 1 aromatic carbocycles. The quantitative estimate of drug-likeness (QED) is 0.762. The van der Waals surface area contributed by atoms with Gasteiger partial charge in [-0.3, -0.25) is 4.79 Å². The molecule has 2 unspecified atom stereocenters. The van der Waals surface area contributed by atoms with Crippen molar-refractivity contribution in [3.63, 3.8) is 0 Å². The molecule has 1 saturated heterocycles. The normalized spacial score (nSPS) is 19.3. The van der Waals surface area contributed by atoms with Gasteiger partial charge in [-0.05, 0) is 68.0 Å². The van der Waals surface area contributed by atoms with E-state index in [1.165, 1.54) is 25.0 Å². The van der Waals surface area contributed by atoms with Crippen molar-refractivity contribution in [2.24, 2.45) is 11.8 Å². The van der Waals surface area contributed by atoms with Crippen molar-refractivity contribution in [3.8, 4) is 0 Å². The summed E-state index contributed by atoms with van der Waals surface area (Å²) < 4.78 is 13.2. The lowest BCUT2D eigenvalue weighted by molar-refractivity contribution is -0.122. The first kappa shape index (κ1) is 17.0. The fourth-order valence-corrected chi connectivity index (χ4v) is 3.60. The average molecular weight is 331 g/mol. The molecule has 5 heteroatoms. The Hall–Kier alpha value is -1.88. The Morgan fingerprint density at radius 1 is 1.46 bits per heavy atom. The summed E-state index contributed by atoms with van der Waals surface area (Å²) in [6.45, 7) is 4.91. The predicted octanol–water partition coefficient (Wildman–Crippen LogP) is 2.99. The van der Waals surface area contributed by atoms with Gasteiger partial charge in [0.05, 0.1) is 0 Å². The second-order valence-electron chi connectivity index (χ2n) is 6.89. The predicted molar refractivity (Wildman–Crippen MR) is 94.3 cm³/mol. The van der Waals surface area contributed by atoms with Crippen molar-refractivity contribution in [1.82, 2.24) is 15.6 Å². The van der Waals surface area contributed by atoms with E-state index >= 15 is 0 Å². The summed E-state index contributed by atoms with van der Waals surface area (Å²) >= 11 is 0. The Morgan fingerprint density at radius 2 is 2.33 bits per heavy atom. The van der Waals surface area contributed by atoms with Gasteiger partial charge in [0.2, 0.25) is 5.91 Å². The monoisotopic (exact) mass is 331 g/mol. The number of amides is 1. The van der Waals surface area contributed by atoms with Crippen molar-refractivity contribution in [2.45, 2.75) is 32.6 Å². The first-order valence-electron chi connectivity index (χ1n) is 8.86. The molecular weight excluding hydrogens is 305 g/mol. The lowest BCUT2D eigenvalue weighted by Crippen LogP contribution is -2.36. The van der Waals surface area contributed by atoms with Gasteiger partial charge < -0.3 is 15.6 Å². The minimum absolute atomic E-state index is 0.124. The Balaban J connectivity index is 1.46. The number of hydrogen-bond donors (Lipinski definition) is 3. The fourth-order valence-electron chi connectivity index (χ4n) is 3.60. The van der Waals surface area contributed by atoms with E-state index in [9.17, 15) is 9.18 Å². The third-order valence-electron chi connectivity index (χ3n) is 5.09. The van der Waals surface area contributed by atoms with E-state index in [1.807, 2.05) is 6.20 Å². The number of carbonyl (C=O) groups is 1. The molecule has 0 aliphatic carbocycles. The van der Waals surface area contributed by atoms with E-state index in [-0.39, 0.29) is 11.7 Å². The van der Waals surface area contributed by atoms with Crippen molar-refractivity contribution < 1.29 is 9.18 Å². The van der Waals surface area contributed by atoms with Crippen LogP contribution in [0.3, 0.4) is 0 Å². The van der Waals surface area contributed by atoms with Gasteiger partial charge >= 0.3 is 0 Å². The highest BCUT2D eigenvalue weighted by atomic mass is 19.1. The number of H-pyrrole nitrogens is 1. The van der Waals surface area contributed by atoms with Gasteiger partial charge in [-0.1, -0.05) is 6.92 Å². The van der Waals surface area contributed by atoms with E-state index in [4.69, 9.17) is 0 Å². The Bertz CT molecular complexity index is 691. The number of piperidine rings is 1. The molecule has 3 rings (SSSR count). The van der Waals surface area contributed by atoms with E-state index in [0.717, 1.165) is 36.0 Å². The molecule has 0 saturated carbocycles.